The highest BCUT2D eigenvalue weighted by molar-refractivity contribution is 5.85. The molecule has 0 saturated heterocycles. The van der Waals surface area contributed by atoms with Gasteiger partial charge in [0.1, 0.15) is 0 Å². The Bertz CT molecular complexity index is 252. The lowest BCUT2D eigenvalue weighted by atomic mass is 10.1. The fraction of sp³-hybridized carbons (Fsp3) is 0.400. The van der Waals surface area contributed by atoms with E-state index in [4.69, 9.17) is 5.73 Å². The van der Waals surface area contributed by atoms with E-state index in [0.29, 0.717) is 6.42 Å². The van der Waals surface area contributed by atoms with E-state index in [1.165, 1.54) is 0 Å². The van der Waals surface area contributed by atoms with Gasteiger partial charge in [0.05, 0.1) is 6.54 Å². The molecule has 4 heteroatoms. The average molecular weight is 222 g/mol. The molecule has 0 aliphatic rings. The molecule has 0 unspecified atom stereocenters. The van der Waals surface area contributed by atoms with E-state index >= 15 is 0 Å². The average Bonchev–Trinajstić information content (AvgIpc) is 2.17. The topological polar surface area (TPSA) is 26.0 Å². The fourth-order valence-corrected chi connectivity index (χ4v) is 1.07. The molecule has 14 heavy (non-hydrogen) atoms. The van der Waals surface area contributed by atoms with Crippen LogP contribution in [-0.2, 0) is 6.42 Å². The zero-order valence-electron chi connectivity index (χ0n) is 7.75. The fourth-order valence-electron chi connectivity index (χ4n) is 1.07. The summed E-state index contributed by atoms with van der Waals surface area (Å²) in [5.41, 5.74) is 5.85. The number of nitrogens with two attached hydrogens (primary N) is 1. The number of rotatable bonds is 4. The van der Waals surface area contributed by atoms with Gasteiger partial charge in [0.25, 0.3) is 5.92 Å². The maximum Gasteiger partial charge on any atom is 0.260 e. The largest absolute Gasteiger partial charge is 0.325 e. The van der Waals surface area contributed by atoms with Gasteiger partial charge in [-0.1, -0.05) is 30.3 Å². The second-order valence-electron chi connectivity index (χ2n) is 3.05. The van der Waals surface area contributed by atoms with Crippen LogP contribution in [0.25, 0.3) is 0 Å². The van der Waals surface area contributed by atoms with Crippen molar-refractivity contribution in [3.05, 3.63) is 35.9 Å². The first-order valence-electron chi connectivity index (χ1n) is 4.26. The van der Waals surface area contributed by atoms with Gasteiger partial charge in [-0.05, 0) is 12.0 Å². The number of benzene rings is 1. The third kappa shape index (κ3) is 4.53. The quantitative estimate of drug-likeness (QED) is 0.831. The highest BCUT2D eigenvalue weighted by Gasteiger charge is 2.25. The van der Waals surface area contributed by atoms with Crippen molar-refractivity contribution < 1.29 is 8.78 Å². The Morgan fingerprint density at radius 3 is 2.21 bits per heavy atom. The van der Waals surface area contributed by atoms with E-state index in [0.717, 1.165) is 5.56 Å². The highest BCUT2D eigenvalue weighted by atomic mass is 35.5. The van der Waals surface area contributed by atoms with Crippen LogP contribution in [0.3, 0.4) is 0 Å². The number of alkyl halides is 2. The molecule has 0 amide bonds. The van der Waals surface area contributed by atoms with Crippen molar-refractivity contribution >= 4 is 12.4 Å². The van der Waals surface area contributed by atoms with Crippen LogP contribution in [0.4, 0.5) is 8.78 Å². The third-order valence-electron chi connectivity index (χ3n) is 1.92. The van der Waals surface area contributed by atoms with Crippen molar-refractivity contribution in [1.29, 1.82) is 0 Å². The van der Waals surface area contributed by atoms with E-state index in [9.17, 15) is 8.78 Å². The summed E-state index contributed by atoms with van der Waals surface area (Å²) >= 11 is 0. The lowest BCUT2D eigenvalue weighted by Crippen LogP contribution is -2.28. The van der Waals surface area contributed by atoms with E-state index in [-0.39, 0.29) is 18.8 Å². The van der Waals surface area contributed by atoms with Crippen molar-refractivity contribution in [2.75, 3.05) is 6.54 Å². The molecule has 0 spiro atoms. The molecule has 80 valence electrons. The van der Waals surface area contributed by atoms with Crippen molar-refractivity contribution in [3.8, 4) is 0 Å². The summed E-state index contributed by atoms with van der Waals surface area (Å²) in [5.74, 6) is -2.73. The van der Waals surface area contributed by atoms with Crippen LogP contribution in [0.5, 0.6) is 0 Å². The molecule has 1 aromatic carbocycles. The third-order valence-corrected chi connectivity index (χ3v) is 1.92. The molecule has 0 bridgehead atoms. The summed E-state index contributed by atoms with van der Waals surface area (Å²) in [6.45, 7) is -0.570. The Balaban J connectivity index is 0.00000169. The van der Waals surface area contributed by atoms with Crippen LogP contribution in [0.15, 0.2) is 30.3 Å². The monoisotopic (exact) mass is 221 g/mol. The Hall–Kier alpha value is -0.670. The summed E-state index contributed by atoms with van der Waals surface area (Å²) in [6, 6.07) is 9.23. The zero-order chi connectivity index (χ0) is 9.73. The molecule has 0 aromatic heterocycles. The highest BCUT2D eigenvalue weighted by Crippen LogP contribution is 2.19. The minimum Gasteiger partial charge on any atom is -0.325 e. The SMILES string of the molecule is Cl.NCC(F)(F)CCc1ccccc1. The normalized spacial score (nSPS) is 10.8. The van der Waals surface area contributed by atoms with Crippen LogP contribution in [0.1, 0.15) is 12.0 Å². The molecule has 0 aliphatic carbocycles. The first-order chi connectivity index (χ1) is 6.14. The molecule has 0 aliphatic heterocycles. The lowest BCUT2D eigenvalue weighted by molar-refractivity contribution is 0.00247. The van der Waals surface area contributed by atoms with Gasteiger partial charge in [-0.3, -0.25) is 0 Å². The van der Waals surface area contributed by atoms with E-state index in [1.54, 1.807) is 0 Å². The van der Waals surface area contributed by atoms with Crippen LogP contribution >= 0.6 is 12.4 Å². The van der Waals surface area contributed by atoms with Crippen molar-refractivity contribution in [2.24, 2.45) is 5.73 Å². The minimum absolute atomic E-state index is 0. The molecule has 1 nitrogen and oxygen atoms in total. The predicted octanol–water partition coefficient (Wildman–Crippen LogP) is 2.64. The first kappa shape index (κ1) is 13.3. The smallest absolute Gasteiger partial charge is 0.260 e. The van der Waals surface area contributed by atoms with Gasteiger partial charge in [0.15, 0.2) is 0 Å². The van der Waals surface area contributed by atoms with Crippen molar-refractivity contribution in [1.82, 2.24) is 0 Å². The van der Waals surface area contributed by atoms with Gasteiger partial charge in [-0.2, -0.15) is 0 Å². The summed E-state index contributed by atoms with van der Waals surface area (Å²) in [6.07, 6.45) is 0.207. The van der Waals surface area contributed by atoms with Crippen molar-refractivity contribution in [3.63, 3.8) is 0 Å². The predicted molar refractivity (Wildman–Crippen MR) is 56.0 cm³/mol. The summed E-state index contributed by atoms with van der Waals surface area (Å²) < 4.78 is 25.4. The Morgan fingerprint density at radius 2 is 1.71 bits per heavy atom. The first-order valence-corrected chi connectivity index (χ1v) is 4.26. The lowest BCUT2D eigenvalue weighted by Gasteiger charge is -2.12. The van der Waals surface area contributed by atoms with Crippen LogP contribution in [-0.4, -0.2) is 12.5 Å². The molecule has 0 saturated carbocycles. The van der Waals surface area contributed by atoms with Crippen molar-refractivity contribution in [2.45, 2.75) is 18.8 Å². The maximum atomic E-state index is 12.7. The number of halogens is 3. The zero-order valence-corrected chi connectivity index (χ0v) is 8.57. The number of aryl methyl sites for hydroxylation is 1. The molecule has 0 atom stereocenters. The molecule has 0 radical (unpaired) electrons. The van der Waals surface area contributed by atoms with Gasteiger partial charge in [0, 0.05) is 6.42 Å². The minimum atomic E-state index is -2.73. The second kappa shape index (κ2) is 5.94. The molecular formula is C10H14ClF2N. The van der Waals surface area contributed by atoms with Crippen LogP contribution in [0, 0.1) is 0 Å². The maximum absolute atomic E-state index is 12.7. The van der Waals surface area contributed by atoms with Crippen LogP contribution < -0.4 is 5.73 Å². The molecule has 0 heterocycles. The van der Waals surface area contributed by atoms with E-state index in [2.05, 4.69) is 0 Å². The summed E-state index contributed by atoms with van der Waals surface area (Å²) in [7, 11) is 0. The Morgan fingerprint density at radius 1 is 1.14 bits per heavy atom. The van der Waals surface area contributed by atoms with Gasteiger partial charge < -0.3 is 5.73 Å². The summed E-state index contributed by atoms with van der Waals surface area (Å²) in [5, 5.41) is 0. The number of hydrogen-bond acceptors (Lipinski definition) is 1. The number of hydrogen-bond donors (Lipinski definition) is 1. The molecule has 0 fully saturated rings. The van der Waals surface area contributed by atoms with Gasteiger partial charge in [-0.15, -0.1) is 12.4 Å². The second-order valence-corrected chi connectivity index (χ2v) is 3.05. The van der Waals surface area contributed by atoms with Gasteiger partial charge in [0.2, 0.25) is 0 Å². The molecule has 2 N–H and O–H groups in total. The standard InChI is InChI=1S/C10H13F2N.ClH/c11-10(12,8-13)7-6-9-4-2-1-3-5-9;/h1-5H,6-8,13H2;1H. The van der Waals surface area contributed by atoms with Gasteiger partial charge in [-0.25, -0.2) is 8.78 Å². The molecule has 1 aromatic rings. The Kier molecular flexibility index (Phi) is 5.65. The van der Waals surface area contributed by atoms with E-state index in [1.807, 2.05) is 30.3 Å². The Labute approximate surface area is 88.7 Å². The van der Waals surface area contributed by atoms with Crippen LogP contribution in [0.2, 0.25) is 0 Å². The van der Waals surface area contributed by atoms with E-state index < -0.39 is 12.5 Å². The molecular weight excluding hydrogens is 208 g/mol. The summed E-state index contributed by atoms with van der Waals surface area (Å²) in [4.78, 5) is 0. The van der Waals surface area contributed by atoms with Gasteiger partial charge >= 0.3 is 0 Å². The molecule has 1 rings (SSSR count).